The largest absolute Gasteiger partial charge is 0.359 e. The Balaban J connectivity index is 1.26. The van der Waals surface area contributed by atoms with Gasteiger partial charge in [0.05, 0.1) is 10.3 Å². The minimum Gasteiger partial charge on any atom is -0.359 e. The third-order valence-electron chi connectivity index (χ3n) is 5.81. The number of hydrogen-bond acceptors (Lipinski definition) is 5. The van der Waals surface area contributed by atoms with Gasteiger partial charge >= 0.3 is 0 Å². The predicted octanol–water partition coefficient (Wildman–Crippen LogP) is 4.47. The van der Waals surface area contributed by atoms with Crippen LogP contribution in [0.3, 0.4) is 0 Å². The number of amides is 1. The van der Waals surface area contributed by atoms with Crippen molar-refractivity contribution in [2.75, 3.05) is 10.2 Å². The Hall–Kier alpha value is -2.73. The van der Waals surface area contributed by atoms with E-state index in [1.165, 1.54) is 5.56 Å². The van der Waals surface area contributed by atoms with E-state index >= 15 is 0 Å². The van der Waals surface area contributed by atoms with Gasteiger partial charge in [0, 0.05) is 30.0 Å². The third kappa shape index (κ3) is 2.71. The number of hydrogen-bond donors (Lipinski definition) is 1. The molecule has 1 N–H and O–H groups in total. The molecule has 0 bridgehead atoms. The number of nitrogens with one attached hydrogen (secondary N) is 1. The highest BCUT2D eigenvalue weighted by atomic mass is 32.1. The van der Waals surface area contributed by atoms with Gasteiger partial charge in [0.15, 0.2) is 5.13 Å². The molecular formula is C22H22N4OS. The Labute approximate surface area is 168 Å². The molecule has 0 atom stereocenters. The first-order chi connectivity index (χ1) is 13.5. The summed E-state index contributed by atoms with van der Waals surface area (Å²) >= 11 is 1.67. The molecule has 1 amide bonds. The van der Waals surface area contributed by atoms with Crippen molar-refractivity contribution in [2.24, 2.45) is 0 Å². The van der Waals surface area contributed by atoms with Crippen molar-refractivity contribution in [3.05, 3.63) is 60.4 Å². The lowest BCUT2D eigenvalue weighted by Gasteiger charge is -2.41. The van der Waals surface area contributed by atoms with Crippen LogP contribution in [0.1, 0.15) is 32.3 Å². The van der Waals surface area contributed by atoms with E-state index in [1.54, 1.807) is 17.5 Å². The van der Waals surface area contributed by atoms with E-state index in [0.717, 1.165) is 34.2 Å². The summed E-state index contributed by atoms with van der Waals surface area (Å²) in [7, 11) is 0. The summed E-state index contributed by atoms with van der Waals surface area (Å²) in [4.78, 5) is 25.1. The van der Waals surface area contributed by atoms with Crippen LogP contribution in [0.15, 0.2) is 54.9 Å². The zero-order chi connectivity index (χ0) is 19.3. The fourth-order valence-corrected chi connectivity index (χ4v) is 4.99. The molecule has 1 aromatic carbocycles. The number of rotatable bonds is 4. The number of carbonyl (C=O) groups is 1. The van der Waals surface area contributed by atoms with Gasteiger partial charge in [0.25, 0.3) is 0 Å². The first-order valence-electron chi connectivity index (χ1n) is 9.61. The smallest absolute Gasteiger partial charge is 0.238 e. The molecule has 1 aliphatic carbocycles. The minimum atomic E-state index is -0.498. The monoisotopic (exact) mass is 390 g/mol. The van der Waals surface area contributed by atoms with Crippen LogP contribution in [0, 0.1) is 0 Å². The quantitative estimate of drug-likeness (QED) is 0.714. The van der Waals surface area contributed by atoms with E-state index in [0.29, 0.717) is 6.04 Å². The number of thiazole rings is 1. The van der Waals surface area contributed by atoms with Crippen LogP contribution in [-0.4, -0.2) is 28.0 Å². The molecule has 5 nitrogen and oxygen atoms in total. The molecule has 28 heavy (non-hydrogen) atoms. The zero-order valence-corrected chi connectivity index (χ0v) is 16.7. The molecule has 0 spiro atoms. The maximum Gasteiger partial charge on any atom is 0.238 e. The van der Waals surface area contributed by atoms with Gasteiger partial charge < -0.3 is 5.32 Å². The normalized spacial score (nSPS) is 22.6. The second kappa shape index (κ2) is 6.41. The average molecular weight is 391 g/mol. The maximum atomic E-state index is 13.0. The van der Waals surface area contributed by atoms with E-state index < -0.39 is 5.41 Å². The van der Waals surface area contributed by atoms with Crippen LogP contribution >= 0.6 is 11.3 Å². The van der Waals surface area contributed by atoms with Gasteiger partial charge in [-0.1, -0.05) is 47.7 Å². The summed E-state index contributed by atoms with van der Waals surface area (Å²) in [5, 5.41) is 4.47. The molecule has 3 heterocycles. The lowest BCUT2D eigenvalue weighted by atomic mass is 9.84. The lowest BCUT2D eigenvalue weighted by Crippen LogP contribution is -2.53. The molecular weight excluding hydrogens is 368 g/mol. The number of aromatic nitrogens is 2. The van der Waals surface area contributed by atoms with Crippen LogP contribution in [0.5, 0.6) is 0 Å². The fraction of sp³-hybridized carbons (Fsp3) is 0.318. The highest BCUT2D eigenvalue weighted by Crippen LogP contribution is 2.44. The molecule has 2 aromatic heterocycles. The van der Waals surface area contributed by atoms with Gasteiger partial charge in [0.1, 0.15) is 5.82 Å². The maximum absolute atomic E-state index is 13.0. The van der Waals surface area contributed by atoms with Gasteiger partial charge in [-0.05, 0) is 38.3 Å². The molecule has 0 unspecified atom stereocenters. The molecule has 1 saturated carbocycles. The molecule has 3 aromatic rings. The summed E-state index contributed by atoms with van der Waals surface area (Å²) in [6, 6.07) is 14.8. The van der Waals surface area contributed by atoms with Crippen molar-refractivity contribution in [3.8, 4) is 10.4 Å². The number of pyridine rings is 1. The SMILES string of the molecule is CC1(C)C(=O)N(C2CC(Nc3ncc(-c4ccccc4)s3)C2)c2ncccc21. The summed E-state index contributed by atoms with van der Waals surface area (Å²) in [6.07, 6.45) is 5.52. The number of carbonyl (C=O) groups excluding carboxylic acids is 1. The van der Waals surface area contributed by atoms with E-state index in [9.17, 15) is 4.79 Å². The first-order valence-corrected chi connectivity index (χ1v) is 10.4. The van der Waals surface area contributed by atoms with E-state index in [4.69, 9.17) is 0 Å². The number of benzene rings is 1. The lowest BCUT2D eigenvalue weighted by molar-refractivity contribution is -0.122. The molecule has 1 fully saturated rings. The Morgan fingerprint density at radius 3 is 2.68 bits per heavy atom. The molecule has 142 valence electrons. The topological polar surface area (TPSA) is 58.1 Å². The highest BCUT2D eigenvalue weighted by molar-refractivity contribution is 7.18. The Bertz CT molecular complexity index is 1020. The predicted molar refractivity (Wildman–Crippen MR) is 113 cm³/mol. The summed E-state index contributed by atoms with van der Waals surface area (Å²) in [5.74, 6) is 0.992. The van der Waals surface area contributed by atoms with Gasteiger partial charge in [-0.25, -0.2) is 9.97 Å². The average Bonchev–Trinajstić information content (AvgIpc) is 3.22. The Kier molecular flexibility index (Phi) is 3.98. The van der Waals surface area contributed by atoms with Gasteiger partial charge in [0.2, 0.25) is 5.91 Å². The van der Waals surface area contributed by atoms with Crippen molar-refractivity contribution in [2.45, 2.75) is 44.2 Å². The van der Waals surface area contributed by atoms with E-state index in [1.807, 2.05) is 55.3 Å². The van der Waals surface area contributed by atoms with Crippen LogP contribution < -0.4 is 10.2 Å². The Morgan fingerprint density at radius 1 is 1.11 bits per heavy atom. The van der Waals surface area contributed by atoms with Gasteiger partial charge in [-0.3, -0.25) is 9.69 Å². The van der Waals surface area contributed by atoms with Gasteiger partial charge in [-0.15, -0.1) is 0 Å². The van der Waals surface area contributed by atoms with Crippen molar-refractivity contribution in [1.82, 2.24) is 9.97 Å². The van der Waals surface area contributed by atoms with Crippen LogP contribution in [0.2, 0.25) is 0 Å². The second-order valence-corrected chi connectivity index (χ2v) is 9.07. The van der Waals surface area contributed by atoms with Crippen molar-refractivity contribution in [3.63, 3.8) is 0 Å². The summed E-state index contributed by atoms with van der Waals surface area (Å²) < 4.78 is 0. The van der Waals surface area contributed by atoms with Crippen LogP contribution in [0.4, 0.5) is 10.9 Å². The van der Waals surface area contributed by atoms with Crippen molar-refractivity contribution < 1.29 is 4.79 Å². The number of anilines is 2. The number of nitrogens with zero attached hydrogens (tertiary/aromatic N) is 3. The number of fused-ring (bicyclic) bond motifs is 1. The fourth-order valence-electron chi connectivity index (χ4n) is 4.10. The second-order valence-electron chi connectivity index (χ2n) is 8.04. The molecule has 0 saturated heterocycles. The van der Waals surface area contributed by atoms with Crippen molar-refractivity contribution >= 4 is 28.2 Å². The van der Waals surface area contributed by atoms with Crippen LogP contribution in [-0.2, 0) is 10.2 Å². The Morgan fingerprint density at radius 2 is 1.89 bits per heavy atom. The van der Waals surface area contributed by atoms with E-state index in [2.05, 4.69) is 27.4 Å². The minimum absolute atomic E-state index is 0.158. The molecule has 2 aliphatic rings. The standard InChI is InChI=1S/C22H22N4OS/c1-22(2)17-9-6-10-23-19(17)26(20(22)27)16-11-15(12-16)25-21-24-13-18(28-21)14-7-4-3-5-8-14/h3-10,13,15-16H,11-12H2,1-2H3,(H,24,25). The van der Waals surface area contributed by atoms with Crippen molar-refractivity contribution in [1.29, 1.82) is 0 Å². The summed E-state index contributed by atoms with van der Waals surface area (Å²) in [6.45, 7) is 3.98. The zero-order valence-electron chi connectivity index (χ0n) is 15.9. The van der Waals surface area contributed by atoms with Gasteiger partial charge in [-0.2, -0.15) is 0 Å². The van der Waals surface area contributed by atoms with Crippen LogP contribution in [0.25, 0.3) is 10.4 Å². The first kappa shape index (κ1) is 17.4. The highest BCUT2D eigenvalue weighted by Gasteiger charge is 2.50. The van der Waals surface area contributed by atoms with E-state index in [-0.39, 0.29) is 11.9 Å². The molecule has 6 heteroatoms. The summed E-state index contributed by atoms with van der Waals surface area (Å²) in [5.41, 5.74) is 1.72. The molecule has 0 radical (unpaired) electrons. The molecule has 5 rings (SSSR count). The third-order valence-corrected chi connectivity index (χ3v) is 6.79. The molecule has 1 aliphatic heterocycles.